The Morgan fingerprint density at radius 2 is 1.96 bits per heavy atom. The molecule has 0 amide bonds. The van der Waals surface area contributed by atoms with Gasteiger partial charge in [0.15, 0.2) is 5.78 Å². The van der Waals surface area contributed by atoms with Gasteiger partial charge in [0.25, 0.3) is 0 Å². The van der Waals surface area contributed by atoms with Crippen LogP contribution in [0.25, 0.3) is 0 Å². The minimum absolute atomic E-state index is 0.0310. The number of carbonyl (C=O) groups is 1. The molecule has 23 heavy (non-hydrogen) atoms. The van der Waals surface area contributed by atoms with Crippen molar-refractivity contribution in [1.82, 2.24) is 0 Å². The fourth-order valence-corrected chi connectivity index (χ4v) is 2.61. The van der Waals surface area contributed by atoms with Crippen LogP contribution in [0, 0.1) is 5.92 Å². The number of phenolic OH excluding ortho intramolecular Hbond substituents is 1. The van der Waals surface area contributed by atoms with Crippen molar-refractivity contribution in [2.24, 2.45) is 5.92 Å². The molecule has 1 atom stereocenters. The van der Waals surface area contributed by atoms with Gasteiger partial charge < -0.3 is 19.3 Å². The molecule has 1 heterocycles. The fraction of sp³-hybridized carbons (Fsp3) is 0.611. The van der Waals surface area contributed by atoms with Gasteiger partial charge >= 0.3 is 5.97 Å². The summed E-state index contributed by atoms with van der Waals surface area (Å²) in [6.07, 6.45) is 4.35. The highest BCUT2D eigenvalue weighted by molar-refractivity contribution is 5.81. The van der Waals surface area contributed by atoms with E-state index in [0.29, 0.717) is 18.1 Å². The maximum absolute atomic E-state index is 11.4. The lowest BCUT2D eigenvalue weighted by molar-refractivity contribution is -0.401. The second-order valence-electron chi connectivity index (χ2n) is 5.92. The molecule has 1 N–H and O–H groups in total. The monoisotopic (exact) mass is 322 g/mol. The quantitative estimate of drug-likeness (QED) is 0.795. The Kier molecular flexibility index (Phi) is 6.57. The summed E-state index contributed by atoms with van der Waals surface area (Å²) in [7, 11) is 0. The second-order valence-corrected chi connectivity index (χ2v) is 5.92. The summed E-state index contributed by atoms with van der Waals surface area (Å²) in [5.41, 5.74) is 0.401. The standard InChI is InChI=1S/C18H26O5/c1-3-5-8-14(4-2)11-21-18(22-12-15(19)13-23-18)16-9-6-7-10-17(16)20/h6-7,9-10,14,20H,3-5,8,11-13H2,1-2H3. The van der Waals surface area contributed by atoms with E-state index in [1.807, 2.05) is 0 Å². The number of carbonyl (C=O) groups excluding carboxylic acids is 1. The smallest absolute Gasteiger partial charge is 0.316 e. The molecular formula is C18H26O5. The average Bonchev–Trinajstić information content (AvgIpc) is 2.57. The minimum atomic E-state index is -1.50. The van der Waals surface area contributed by atoms with Gasteiger partial charge in [-0.15, -0.1) is 0 Å². The van der Waals surface area contributed by atoms with E-state index in [9.17, 15) is 9.90 Å². The number of aromatic hydroxyl groups is 1. The molecule has 5 nitrogen and oxygen atoms in total. The molecule has 0 spiro atoms. The third-order valence-electron chi connectivity index (χ3n) is 4.13. The van der Waals surface area contributed by atoms with Gasteiger partial charge in [-0.3, -0.25) is 4.79 Å². The molecule has 1 unspecified atom stereocenters. The van der Waals surface area contributed by atoms with Crippen molar-refractivity contribution in [2.45, 2.75) is 45.5 Å². The highest BCUT2D eigenvalue weighted by atomic mass is 16.9. The number of hydrogen-bond acceptors (Lipinski definition) is 5. The molecule has 0 radical (unpaired) electrons. The lowest BCUT2D eigenvalue weighted by atomic mass is 10.0. The predicted octanol–water partition coefficient (Wildman–Crippen LogP) is 3.35. The number of hydrogen-bond donors (Lipinski definition) is 1. The highest BCUT2D eigenvalue weighted by Gasteiger charge is 2.43. The first-order valence-corrected chi connectivity index (χ1v) is 8.33. The van der Waals surface area contributed by atoms with Crippen LogP contribution in [-0.4, -0.2) is 30.7 Å². The molecule has 1 aliphatic heterocycles. The summed E-state index contributed by atoms with van der Waals surface area (Å²) in [4.78, 5) is 11.4. The third kappa shape index (κ3) is 4.53. The normalized spacial score (nSPS) is 18.8. The molecule has 1 saturated heterocycles. The number of unbranched alkanes of at least 4 members (excludes halogenated alkanes) is 1. The lowest BCUT2D eigenvalue weighted by Crippen LogP contribution is -2.45. The first kappa shape index (κ1) is 17.9. The van der Waals surface area contributed by atoms with Crippen LogP contribution in [0.15, 0.2) is 24.3 Å². The van der Waals surface area contributed by atoms with E-state index in [-0.39, 0.29) is 24.7 Å². The highest BCUT2D eigenvalue weighted by Crippen LogP contribution is 2.37. The Labute approximate surface area is 137 Å². The molecule has 128 valence electrons. The van der Waals surface area contributed by atoms with Gasteiger partial charge in [0.2, 0.25) is 0 Å². The summed E-state index contributed by atoms with van der Waals surface area (Å²) in [6.45, 7) is 4.58. The first-order chi connectivity index (χ1) is 11.1. The van der Waals surface area contributed by atoms with E-state index >= 15 is 0 Å². The van der Waals surface area contributed by atoms with Crippen LogP contribution < -0.4 is 0 Å². The first-order valence-electron chi connectivity index (χ1n) is 8.33. The minimum Gasteiger partial charge on any atom is -0.507 e. The predicted molar refractivity (Wildman–Crippen MR) is 86.0 cm³/mol. The SMILES string of the molecule is CCCCC(CC)COC1(c2ccccc2O)OCC(=O)CO1. The number of benzene rings is 1. The van der Waals surface area contributed by atoms with E-state index in [1.165, 1.54) is 0 Å². The van der Waals surface area contributed by atoms with Gasteiger partial charge in [0, 0.05) is 0 Å². The van der Waals surface area contributed by atoms with Crippen LogP contribution >= 0.6 is 0 Å². The van der Waals surface area contributed by atoms with E-state index in [2.05, 4.69) is 13.8 Å². The number of ether oxygens (including phenoxy) is 3. The molecule has 2 rings (SSSR count). The van der Waals surface area contributed by atoms with Gasteiger partial charge in [0.1, 0.15) is 19.0 Å². The van der Waals surface area contributed by atoms with Crippen molar-refractivity contribution in [3.63, 3.8) is 0 Å². The summed E-state index contributed by atoms with van der Waals surface area (Å²) in [6, 6.07) is 6.74. The molecule has 1 fully saturated rings. The Morgan fingerprint density at radius 1 is 1.26 bits per heavy atom. The van der Waals surface area contributed by atoms with Gasteiger partial charge in [-0.2, -0.15) is 0 Å². The number of phenols is 1. The number of ketones is 1. The molecule has 0 bridgehead atoms. The van der Waals surface area contributed by atoms with Crippen molar-refractivity contribution in [2.75, 3.05) is 19.8 Å². The van der Waals surface area contributed by atoms with Crippen LogP contribution in [0.4, 0.5) is 0 Å². The fourth-order valence-electron chi connectivity index (χ4n) is 2.61. The van der Waals surface area contributed by atoms with Crippen LogP contribution in [-0.2, 0) is 25.0 Å². The molecular weight excluding hydrogens is 296 g/mol. The van der Waals surface area contributed by atoms with Gasteiger partial charge in [-0.1, -0.05) is 45.2 Å². The summed E-state index contributed by atoms with van der Waals surface area (Å²) < 4.78 is 17.2. The topological polar surface area (TPSA) is 65.0 Å². The second kappa shape index (κ2) is 8.43. The Bertz CT molecular complexity index is 504. The van der Waals surface area contributed by atoms with Crippen LogP contribution in [0.1, 0.15) is 45.1 Å². The van der Waals surface area contributed by atoms with Crippen LogP contribution in [0.3, 0.4) is 0 Å². The summed E-state index contributed by atoms with van der Waals surface area (Å²) in [5.74, 6) is -1.22. The molecule has 1 aromatic carbocycles. The largest absolute Gasteiger partial charge is 0.507 e. The average molecular weight is 322 g/mol. The zero-order valence-electron chi connectivity index (χ0n) is 13.9. The Morgan fingerprint density at radius 3 is 2.57 bits per heavy atom. The van der Waals surface area contributed by atoms with Gasteiger partial charge in [-0.05, 0) is 24.5 Å². The van der Waals surface area contributed by atoms with Crippen molar-refractivity contribution >= 4 is 5.78 Å². The van der Waals surface area contributed by atoms with E-state index in [1.54, 1.807) is 24.3 Å². The molecule has 0 aliphatic carbocycles. The number of Topliss-reactive ketones (excluding diaryl/α,β-unsaturated/α-hetero) is 1. The molecule has 1 aliphatic rings. The van der Waals surface area contributed by atoms with Crippen molar-refractivity contribution < 1.29 is 24.1 Å². The number of rotatable bonds is 8. The molecule has 0 aromatic heterocycles. The van der Waals surface area contributed by atoms with E-state index in [4.69, 9.17) is 14.2 Å². The van der Waals surface area contributed by atoms with Crippen molar-refractivity contribution in [1.29, 1.82) is 0 Å². The summed E-state index contributed by atoms with van der Waals surface area (Å²) in [5, 5.41) is 10.1. The maximum Gasteiger partial charge on any atom is 0.316 e. The van der Waals surface area contributed by atoms with Crippen LogP contribution in [0.2, 0.25) is 0 Å². The summed E-state index contributed by atoms with van der Waals surface area (Å²) >= 11 is 0. The lowest BCUT2D eigenvalue weighted by Gasteiger charge is -2.37. The zero-order chi connectivity index (χ0) is 16.7. The van der Waals surface area contributed by atoms with Crippen molar-refractivity contribution in [3.8, 4) is 5.75 Å². The molecule has 5 heteroatoms. The van der Waals surface area contributed by atoms with E-state index < -0.39 is 5.97 Å². The third-order valence-corrected chi connectivity index (χ3v) is 4.13. The Hall–Kier alpha value is -1.43. The van der Waals surface area contributed by atoms with Gasteiger partial charge in [0.05, 0.1) is 12.2 Å². The van der Waals surface area contributed by atoms with Gasteiger partial charge in [-0.25, -0.2) is 0 Å². The van der Waals surface area contributed by atoms with Crippen LogP contribution in [0.5, 0.6) is 5.75 Å². The van der Waals surface area contributed by atoms with E-state index in [0.717, 1.165) is 25.7 Å². The molecule has 1 aromatic rings. The maximum atomic E-state index is 11.4. The molecule has 0 saturated carbocycles. The number of para-hydroxylation sites is 1. The zero-order valence-corrected chi connectivity index (χ0v) is 13.9. The Balaban J connectivity index is 2.15. The van der Waals surface area contributed by atoms with Crippen molar-refractivity contribution in [3.05, 3.63) is 29.8 Å².